The van der Waals surface area contributed by atoms with Gasteiger partial charge in [-0.25, -0.2) is 9.59 Å². The number of imide groups is 1. The standard InChI is InChI=1S/C18H26N2O6.C2H6/c1-11-9-12(2)14(13(10-11)20(23)24)19(15(21)25-17(3,4)5)16(22)26-18(6,7)8;1-2/h9-10H,1-8H3;1-2H3. The molecule has 158 valence electrons. The summed E-state index contributed by atoms with van der Waals surface area (Å²) < 4.78 is 10.5. The molecule has 0 spiro atoms. The van der Waals surface area contributed by atoms with Gasteiger partial charge in [0, 0.05) is 6.07 Å². The van der Waals surface area contributed by atoms with E-state index in [1.165, 1.54) is 6.07 Å². The van der Waals surface area contributed by atoms with E-state index in [1.807, 2.05) is 13.8 Å². The number of anilines is 1. The Morgan fingerprint density at radius 3 is 1.64 bits per heavy atom. The third-order valence-electron chi connectivity index (χ3n) is 3.00. The van der Waals surface area contributed by atoms with Crippen LogP contribution in [0.1, 0.15) is 66.5 Å². The molecular formula is C20H32N2O6. The zero-order valence-corrected chi connectivity index (χ0v) is 18.5. The molecule has 0 N–H and O–H groups in total. The maximum absolute atomic E-state index is 12.7. The van der Waals surface area contributed by atoms with Crippen molar-refractivity contribution >= 4 is 23.6 Å². The predicted molar refractivity (Wildman–Crippen MR) is 109 cm³/mol. The summed E-state index contributed by atoms with van der Waals surface area (Å²) in [6.45, 7) is 17.1. The minimum atomic E-state index is -1.04. The maximum atomic E-state index is 12.7. The monoisotopic (exact) mass is 396 g/mol. The molecule has 0 aliphatic heterocycles. The van der Waals surface area contributed by atoms with Gasteiger partial charge in [-0.3, -0.25) is 10.1 Å². The Balaban J connectivity index is 0.00000352. The summed E-state index contributed by atoms with van der Waals surface area (Å²) in [5.74, 6) is 0. The molecule has 0 aromatic heterocycles. The number of carbonyl (C=O) groups is 2. The van der Waals surface area contributed by atoms with Crippen LogP contribution in [-0.2, 0) is 9.47 Å². The highest BCUT2D eigenvalue weighted by molar-refractivity contribution is 6.11. The highest BCUT2D eigenvalue weighted by atomic mass is 16.6. The van der Waals surface area contributed by atoms with Crippen molar-refractivity contribution < 1.29 is 24.0 Å². The topological polar surface area (TPSA) is 99.0 Å². The molecule has 1 aromatic carbocycles. The molecule has 28 heavy (non-hydrogen) atoms. The maximum Gasteiger partial charge on any atom is 0.424 e. The van der Waals surface area contributed by atoms with Crippen molar-refractivity contribution in [2.24, 2.45) is 0 Å². The number of hydrogen-bond donors (Lipinski definition) is 0. The van der Waals surface area contributed by atoms with Crippen molar-refractivity contribution in [3.8, 4) is 0 Å². The first kappa shape index (κ1) is 25.4. The molecule has 8 nitrogen and oxygen atoms in total. The van der Waals surface area contributed by atoms with Crippen LogP contribution in [0.15, 0.2) is 12.1 Å². The van der Waals surface area contributed by atoms with E-state index in [1.54, 1.807) is 61.5 Å². The van der Waals surface area contributed by atoms with Crippen LogP contribution in [0.25, 0.3) is 0 Å². The first-order valence-corrected chi connectivity index (χ1v) is 9.14. The average Bonchev–Trinajstić information content (AvgIpc) is 2.47. The van der Waals surface area contributed by atoms with Crippen LogP contribution in [0, 0.1) is 24.0 Å². The van der Waals surface area contributed by atoms with Crippen molar-refractivity contribution in [2.45, 2.75) is 80.4 Å². The Morgan fingerprint density at radius 1 is 0.929 bits per heavy atom. The van der Waals surface area contributed by atoms with E-state index in [-0.39, 0.29) is 11.4 Å². The normalized spacial score (nSPS) is 11.1. The van der Waals surface area contributed by atoms with Gasteiger partial charge in [0.15, 0.2) is 0 Å². The van der Waals surface area contributed by atoms with Gasteiger partial charge >= 0.3 is 12.2 Å². The summed E-state index contributed by atoms with van der Waals surface area (Å²) in [4.78, 5) is 36.8. The molecular weight excluding hydrogens is 364 g/mol. The molecule has 1 rings (SSSR count). The van der Waals surface area contributed by atoms with Crippen LogP contribution in [0.2, 0.25) is 0 Å². The smallest absolute Gasteiger partial charge is 0.424 e. The minimum Gasteiger partial charge on any atom is -0.443 e. The third-order valence-corrected chi connectivity index (χ3v) is 3.00. The molecule has 0 unspecified atom stereocenters. The zero-order valence-electron chi connectivity index (χ0n) is 18.5. The van der Waals surface area contributed by atoms with Gasteiger partial charge in [0.25, 0.3) is 5.69 Å². The molecule has 0 atom stereocenters. The average molecular weight is 396 g/mol. The molecule has 0 aliphatic carbocycles. The summed E-state index contributed by atoms with van der Waals surface area (Å²) in [7, 11) is 0. The number of nitrogens with zero attached hydrogens (tertiary/aromatic N) is 2. The van der Waals surface area contributed by atoms with E-state index < -0.39 is 28.3 Å². The highest BCUT2D eigenvalue weighted by Crippen LogP contribution is 2.35. The largest absolute Gasteiger partial charge is 0.443 e. The highest BCUT2D eigenvalue weighted by Gasteiger charge is 2.37. The van der Waals surface area contributed by atoms with Gasteiger partial charge in [-0.1, -0.05) is 19.9 Å². The Bertz CT molecular complexity index is 701. The Labute approximate surface area is 167 Å². The molecule has 0 heterocycles. The number of amides is 2. The van der Waals surface area contributed by atoms with Crippen LogP contribution in [-0.4, -0.2) is 28.3 Å². The van der Waals surface area contributed by atoms with Crippen molar-refractivity contribution in [3.05, 3.63) is 33.4 Å². The molecule has 0 fully saturated rings. The Hall–Kier alpha value is -2.64. The van der Waals surface area contributed by atoms with E-state index in [2.05, 4.69) is 0 Å². The van der Waals surface area contributed by atoms with Crippen molar-refractivity contribution in [1.82, 2.24) is 0 Å². The lowest BCUT2D eigenvalue weighted by molar-refractivity contribution is -0.384. The van der Waals surface area contributed by atoms with Crippen LogP contribution >= 0.6 is 0 Å². The molecule has 0 radical (unpaired) electrons. The van der Waals surface area contributed by atoms with E-state index in [0.717, 1.165) is 0 Å². The van der Waals surface area contributed by atoms with Crippen LogP contribution in [0.3, 0.4) is 0 Å². The van der Waals surface area contributed by atoms with Gasteiger partial charge in [0.05, 0.1) is 4.92 Å². The lowest BCUT2D eigenvalue weighted by Crippen LogP contribution is -2.44. The van der Waals surface area contributed by atoms with Crippen LogP contribution < -0.4 is 4.90 Å². The van der Waals surface area contributed by atoms with E-state index in [0.29, 0.717) is 16.0 Å². The number of hydrogen-bond acceptors (Lipinski definition) is 6. The molecule has 2 amide bonds. The molecule has 0 saturated heterocycles. The van der Waals surface area contributed by atoms with E-state index in [4.69, 9.17) is 9.47 Å². The van der Waals surface area contributed by atoms with Gasteiger partial charge in [-0.2, -0.15) is 4.90 Å². The van der Waals surface area contributed by atoms with Crippen LogP contribution in [0.5, 0.6) is 0 Å². The first-order valence-electron chi connectivity index (χ1n) is 9.14. The summed E-state index contributed by atoms with van der Waals surface area (Å²) in [6, 6.07) is 2.94. The van der Waals surface area contributed by atoms with Gasteiger partial charge in [-0.15, -0.1) is 0 Å². The molecule has 1 aromatic rings. The Morgan fingerprint density at radius 2 is 1.32 bits per heavy atom. The lowest BCUT2D eigenvalue weighted by atomic mass is 10.1. The van der Waals surface area contributed by atoms with Gasteiger partial charge in [-0.05, 0) is 66.5 Å². The van der Waals surface area contributed by atoms with Gasteiger partial charge in [0.1, 0.15) is 16.9 Å². The zero-order chi connectivity index (χ0) is 22.4. The number of carbonyl (C=O) groups excluding carboxylic acids is 2. The van der Waals surface area contributed by atoms with Gasteiger partial charge < -0.3 is 9.47 Å². The van der Waals surface area contributed by atoms with Crippen molar-refractivity contribution in [1.29, 1.82) is 0 Å². The van der Waals surface area contributed by atoms with Crippen molar-refractivity contribution in [2.75, 3.05) is 4.90 Å². The third kappa shape index (κ3) is 7.54. The molecule has 0 saturated carbocycles. The lowest BCUT2D eigenvalue weighted by Gasteiger charge is -2.29. The molecule has 8 heteroatoms. The number of benzene rings is 1. The van der Waals surface area contributed by atoms with E-state index >= 15 is 0 Å². The summed E-state index contributed by atoms with van der Waals surface area (Å²) >= 11 is 0. The second kappa shape index (κ2) is 9.52. The SMILES string of the molecule is CC.Cc1cc(C)c(N(C(=O)OC(C)(C)C)C(=O)OC(C)(C)C)c([N+](=O)[O-])c1. The second-order valence-electron chi connectivity index (χ2n) is 8.00. The summed E-state index contributed by atoms with van der Waals surface area (Å²) in [6.07, 6.45) is -2.08. The molecule has 0 bridgehead atoms. The number of rotatable bonds is 2. The summed E-state index contributed by atoms with van der Waals surface area (Å²) in [5.41, 5.74) is -1.32. The summed E-state index contributed by atoms with van der Waals surface area (Å²) in [5, 5.41) is 11.5. The molecule has 0 aliphatic rings. The Kier molecular flexibility index (Phi) is 8.63. The van der Waals surface area contributed by atoms with Gasteiger partial charge in [0.2, 0.25) is 0 Å². The predicted octanol–water partition coefficient (Wildman–Crippen LogP) is 5.91. The van der Waals surface area contributed by atoms with E-state index in [9.17, 15) is 19.7 Å². The van der Waals surface area contributed by atoms with Crippen LogP contribution in [0.4, 0.5) is 21.0 Å². The fourth-order valence-corrected chi connectivity index (χ4v) is 2.24. The fourth-order valence-electron chi connectivity index (χ4n) is 2.24. The second-order valence-corrected chi connectivity index (χ2v) is 8.00. The first-order chi connectivity index (χ1) is 12.6. The number of nitro benzene ring substituents is 1. The fraction of sp³-hybridized carbons (Fsp3) is 0.600. The number of ether oxygens (including phenoxy) is 2. The quantitative estimate of drug-likeness (QED) is 0.455. The number of aryl methyl sites for hydroxylation is 2. The minimum absolute atomic E-state index is 0.163. The number of nitro groups is 1. The van der Waals surface area contributed by atoms with Crippen molar-refractivity contribution in [3.63, 3.8) is 0 Å².